The molecule has 0 atom stereocenters. The van der Waals surface area contributed by atoms with Gasteiger partial charge in [-0.2, -0.15) is 0 Å². The topological polar surface area (TPSA) is 58.6 Å². The summed E-state index contributed by atoms with van der Waals surface area (Å²) < 4.78 is 5.10. The van der Waals surface area contributed by atoms with Crippen LogP contribution in [0.15, 0.2) is 18.2 Å². The smallest absolute Gasteiger partial charge is 0.412 e. The lowest BCUT2D eigenvalue weighted by Crippen LogP contribution is -2.27. The molecule has 5 heteroatoms. The third kappa shape index (κ3) is 4.65. The van der Waals surface area contributed by atoms with Crippen LogP contribution in [-0.4, -0.2) is 16.8 Å². The van der Waals surface area contributed by atoms with Gasteiger partial charge < -0.3 is 9.84 Å². The highest BCUT2D eigenvalue weighted by molar-refractivity contribution is 9.08. The maximum atomic E-state index is 11.5. The molecule has 0 aromatic heterocycles. The van der Waals surface area contributed by atoms with E-state index in [9.17, 15) is 9.90 Å². The van der Waals surface area contributed by atoms with Gasteiger partial charge in [-0.25, -0.2) is 4.79 Å². The molecule has 0 unspecified atom stereocenters. The van der Waals surface area contributed by atoms with Crippen molar-refractivity contribution in [2.45, 2.75) is 31.7 Å². The number of ether oxygens (including phenoxy) is 1. The van der Waals surface area contributed by atoms with Crippen LogP contribution in [0.4, 0.5) is 10.5 Å². The number of benzene rings is 1. The third-order valence-electron chi connectivity index (χ3n) is 1.85. The number of aromatic hydroxyl groups is 1. The normalized spacial score (nSPS) is 11.1. The van der Waals surface area contributed by atoms with E-state index in [-0.39, 0.29) is 5.75 Å². The van der Waals surface area contributed by atoms with Crippen LogP contribution in [0.25, 0.3) is 0 Å². The van der Waals surface area contributed by atoms with Crippen molar-refractivity contribution in [1.82, 2.24) is 0 Å². The first-order valence-electron chi connectivity index (χ1n) is 5.19. The van der Waals surface area contributed by atoms with Crippen LogP contribution in [0.5, 0.6) is 5.75 Å². The molecule has 0 bridgehead atoms. The van der Waals surface area contributed by atoms with Gasteiger partial charge in [-0.3, -0.25) is 5.32 Å². The van der Waals surface area contributed by atoms with E-state index in [4.69, 9.17) is 4.74 Å². The van der Waals surface area contributed by atoms with Crippen molar-refractivity contribution in [1.29, 1.82) is 0 Å². The van der Waals surface area contributed by atoms with E-state index >= 15 is 0 Å². The Morgan fingerprint density at radius 2 is 2.12 bits per heavy atom. The number of alkyl halides is 1. The molecular formula is C12H16BrNO3. The highest BCUT2D eigenvalue weighted by Crippen LogP contribution is 2.25. The SMILES string of the molecule is CC(C)(C)OC(=O)Nc1cc(CBr)ccc1O. The van der Waals surface area contributed by atoms with Gasteiger partial charge in [0.2, 0.25) is 0 Å². The fraction of sp³-hybridized carbons (Fsp3) is 0.417. The molecule has 0 radical (unpaired) electrons. The summed E-state index contributed by atoms with van der Waals surface area (Å²) in [6.45, 7) is 5.34. The van der Waals surface area contributed by atoms with Crippen molar-refractivity contribution in [3.8, 4) is 5.75 Å². The molecule has 0 heterocycles. The Balaban J connectivity index is 2.77. The summed E-state index contributed by atoms with van der Waals surface area (Å²) in [6.07, 6.45) is -0.584. The van der Waals surface area contributed by atoms with Gasteiger partial charge in [0.05, 0.1) is 5.69 Å². The molecule has 1 aromatic carbocycles. The first kappa shape index (κ1) is 13.8. The second kappa shape index (κ2) is 5.40. The first-order chi connectivity index (χ1) is 7.81. The standard InChI is InChI=1S/C12H16BrNO3/c1-12(2,3)17-11(16)14-9-6-8(7-13)4-5-10(9)15/h4-6,15H,7H2,1-3H3,(H,14,16). The van der Waals surface area contributed by atoms with E-state index in [0.29, 0.717) is 11.0 Å². The van der Waals surface area contributed by atoms with Gasteiger partial charge in [-0.1, -0.05) is 22.0 Å². The largest absolute Gasteiger partial charge is 0.506 e. The Hall–Kier alpha value is -1.23. The third-order valence-corrected chi connectivity index (χ3v) is 2.50. The lowest BCUT2D eigenvalue weighted by Gasteiger charge is -2.20. The average Bonchev–Trinajstić information content (AvgIpc) is 2.18. The number of carbonyl (C=O) groups excluding carboxylic acids is 1. The number of carbonyl (C=O) groups is 1. The van der Waals surface area contributed by atoms with Gasteiger partial charge in [0, 0.05) is 5.33 Å². The summed E-state index contributed by atoms with van der Waals surface area (Å²) in [7, 11) is 0. The molecule has 1 amide bonds. The molecule has 0 aliphatic rings. The number of halogens is 1. The predicted octanol–water partition coefficient (Wildman–Crippen LogP) is 3.63. The number of phenolic OH excluding ortho intramolecular Hbond substituents is 1. The molecule has 0 fully saturated rings. The summed E-state index contributed by atoms with van der Waals surface area (Å²) in [4.78, 5) is 11.5. The number of hydrogen-bond acceptors (Lipinski definition) is 3. The highest BCUT2D eigenvalue weighted by atomic mass is 79.9. The Morgan fingerprint density at radius 1 is 1.47 bits per heavy atom. The summed E-state index contributed by atoms with van der Waals surface area (Å²) in [6, 6.07) is 4.99. The molecule has 4 nitrogen and oxygen atoms in total. The quantitative estimate of drug-likeness (QED) is 0.648. The Morgan fingerprint density at radius 3 is 2.65 bits per heavy atom. The molecule has 1 aromatic rings. The fourth-order valence-electron chi connectivity index (χ4n) is 1.18. The van der Waals surface area contributed by atoms with E-state index in [1.54, 1.807) is 32.9 Å². The van der Waals surface area contributed by atoms with Crippen LogP contribution < -0.4 is 5.32 Å². The molecule has 2 N–H and O–H groups in total. The van der Waals surface area contributed by atoms with Crippen LogP contribution in [0.1, 0.15) is 26.3 Å². The van der Waals surface area contributed by atoms with Crippen LogP contribution >= 0.6 is 15.9 Å². The number of hydrogen-bond donors (Lipinski definition) is 2. The first-order valence-corrected chi connectivity index (χ1v) is 6.32. The molecule has 0 spiro atoms. The fourth-order valence-corrected chi connectivity index (χ4v) is 1.53. The van der Waals surface area contributed by atoms with Crippen molar-refractivity contribution in [2.24, 2.45) is 0 Å². The van der Waals surface area contributed by atoms with Crippen LogP contribution in [0.3, 0.4) is 0 Å². The molecule has 17 heavy (non-hydrogen) atoms. The molecule has 0 aliphatic heterocycles. The number of anilines is 1. The van der Waals surface area contributed by atoms with Crippen LogP contribution in [-0.2, 0) is 10.1 Å². The second-order valence-electron chi connectivity index (χ2n) is 4.61. The maximum absolute atomic E-state index is 11.5. The molecule has 0 saturated heterocycles. The summed E-state index contributed by atoms with van der Waals surface area (Å²) in [5, 5.41) is 12.8. The van der Waals surface area contributed by atoms with Crippen molar-refractivity contribution in [2.75, 3.05) is 5.32 Å². The monoisotopic (exact) mass is 301 g/mol. The number of phenols is 1. The zero-order valence-electron chi connectivity index (χ0n) is 10.1. The van der Waals surface area contributed by atoms with Gasteiger partial charge >= 0.3 is 6.09 Å². The lowest BCUT2D eigenvalue weighted by molar-refractivity contribution is 0.0635. The molecule has 1 rings (SSSR count). The van der Waals surface area contributed by atoms with Crippen LogP contribution in [0, 0.1) is 0 Å². The average molecular weight is 302 g/mol. The zero-order valence-corrected chi connectivity index (χ0v) is 11.7. The number of nitrogens with one attached hydrogen (secondary N) is 1. The Kier molecular flexibility index (Phi) is 4.40. The van der Waals surface area contributed by atoms with Gasteiger partial charge in [-0.05, 0) is 38.5 Å². The zero-order chi connectivity index (χ0) is 13.1. The van der Waals surface area contributed by atoms with Gasteiger partial charge in [-0.15, -0.1) is 0 Å². The predicted molar refractivity (Wildman–Crippen MR) is 70.6 cm³/mol. The summed E-state index contributed by atoms with van der Waals surface area (Å²) in [5.41, 5.74) is 0.734. The molecule has 0 saturated carbocycles. The van der Waals surface area contributed by atoms with E-state index in [0.717, 1.165) is 5.56 Å². The van der Waals surface area contributed by atoms with Crippen molar-refractivity contribution in [3.63, 3.8) is 0 Å². The molecular weight excluding hydrogens is 286 g/mol. The minimum Gasteiger partial charge on any atom is -0.506 e. The van der Waals surface area contributed by atoms with Gasteiger partial charge in [0.25, 0.3) is 0 Å². The summed E-state index contributed by atoms with van der Waals surface area (Å²) >= 11 is 3.31. The Bertz CT molecular complexity index is 413. The minimum atomic E-state index is -0.584. The second-order valence-corrected chi connectivity index (χ2v) is 5.17. The van der Waals surface area contributed by atoms with E-state index in [1.807, 2.05) is 0 Å². The lowest BCUT2D eigenvalue weighted by atomic mass is 10.2. The van der Waals surface area contributed by atoms with E-state index in [2.05, 4.69) is 21.2 Å². The number of rotatable bonds is 2. The van der Waals surface area contributed by atoms with E-state index < -0.39 is 11.7 Å². The van der Waals surface area contributed by atoms with Gasteiger partial charge in [0.1, 0.15) is 11.4 Å². The molecule has 94 valence electrons. The van der Waals surface area contributed by atoms with Crippen LogP contribution in [0.2, 0.25) is 0 Å². The highest BCUT2D eigenvalue weighted by Gasteiger charge is 2.17. The number of amides is 1. The van der Waals surface area contributed by atoms with E-state index in [1.165, 1.54) is 6.07 Å². The van der Waals surface area contributed by atoms with Gasteiger partial charge in [0.15, 0.2) is 0 Å². The minimum absolute atomic E-state index is 0.0144. The molecule has 0 aliphatic carbocycles. The van der Waals surface area contributed by atoms with Crippen molar-refractivity contribution in [3.05, 3.63) is 23.8 Å². The van der Waals surface area contributed by atoms with Crippen molar-refractivity contribution >= 4 is 27.7 Å². The van der Waals surface area contributed by atoms with Crippen molar-refractivity contribution < 1.29 is 14.6 Å². The summed E-state index contributed by atoms with van der Waals surface area (Å²) in [5.74, 6) is 0.0144. The Labute approximate surface area is 109 Å². The maximum Gasteiger partial charge on any atom is 0.412 e.